The number of nitrogen functional groups attached to an aromatic ring is 1. The molecule has 0 aliphatic carbocycles. The smallest absolute Gasteiger partial charge is 0.257 e. The van der Waals surface area contributed by atoms with Crippen LogP contribution >= 0.6 is 0 Å². The maximum Gasteiger partial charge on any atom is 0.257 e. The maximum absolute atomic E-state index is 14.1. The van der Waals surface area contributed by atoms with Crippen LogP contribution in [0.3, 0.4) is 0 Å². The van der Waals surface area contributed by atoms with Crippen LogP contribution in [0.2, 0.25) is 0 Å². The van der Waals surface area contributed by atoms with Gasteiger partial charge in [0, 0.05) is 25.9 Å². The fourth-order valence-corrected chi connectivity index (χ4v) is 1.80. The number of amides is 1. The van der Waals surface area contributed by atoms with Gasteiger partial charge in [-0.1, -0.05) is 6.92 Å². The summed E-state index contributed by atoms with van der Waals surface area (Å²) in [4.78, 5) is 17.8. The topological polar surface area (TPSA) is 80.5 Å². The first-order valence-corrected chi connectivity index (χ1v) is 6.47. The molecular weight excluding hydrogens is 263 g/mol. The second kappa shape index (κ2) is 7.76. The van der Waals surface area contributed by atoms with Gasteiger partial charge in [-0.25, -0.2) is 15.2 Å². The van der Waals surface area contributed by atoms with Crippen LogP contribution in [0.4, 0.5) is 10.2 Å². The number of halogens is 1. The molecule has 1 aromatic rings. The van der Waals surface area contributed by atoms with Crippen LogP contribution in [0.1, 0.15) is 30.6 Å². The van der Waals surface area contributed by atoms with Crippen molar-refractivity contribution in [2.75, 3.05) is 25.7 Å². The lowest BCUT2D eigenvalue weighted by Crippen LogP contribution is -2.41. The Balaban J connectivity index is 3.05. The Morgan fingerprint density at radius 1 is 1.65 bits per heavy atom. The molecule has 0 saturated carbocycles. The molecule has 0 bridgehead atoms. The van der Waals surface area contributed by atoms with Gasteiger partial charge in [-0.15, -0.1) is 0 Å². The Hall–Kier alpha value is -1.73. The van der Waals surface area contributed by atoms with Crippen molar-refractivity contribution in [1.29, 1.82) is 0 Å². The van der Waals surface area contributed by atoms with Crippen LogP contribution in [-0.4, -0.2) is 42.1 Å². The van der Waals surface area contributed by atoms with Crippen molar-refractivity contribution in [1.82, 2.24) is 9.88 Å². The van der Waals surface area contributed by atoms with E-state index in [-0.39, 0.29) is 17.4 Å². The molecule has 1 rings (SSSR count). The molecule has 1 aromatic heterocycles. The predicted octanol–water partition coefficient (Wildman–Crippen LogP) is 1.39. The third-order valence-electron chi connectivity index (χ3n) is 3.18. The third-order valence-corrected chi connectivity index (χ3v) is 3.18. The molecule has 7 heteroatoms. The average Bonchev–Trinajstić information content (AvgIpc) is 2.47. The molecule has 0 aliphatic heterocycles. The standard InChI is InChI=1S/C13H21FN4O2/c1-4-9(2)18(7-8-20-3)13(19)10-5-6-16-12(17-15)11(10)14/h5-6,9H,4,7-8,15H2,1-3H3,(H,16,17). The molecule has 1 atom stereocenters. The van der Waals surface area contributed by atoms with Crippen LogP contribution in [0.25, 0.3) is 0 Å². The highest BCUT2D eigenvalue weighted by Gasteiger charge is 2.24. The lowest BCUT2D eigenvalue weighted by atomic mass is 10.1. The van der Waals surface area contributed by atoms with E-state index in [1.54, 1.807) is 12.0 Å². The summed E-state index contributed by atoms with van der Waals surface area (Å²) in [6.45, 7) is 4.67. The summed E-state index contributed by atoms with van der Waals surface area (Å²) < 4.78 is 19.1. The minimum atomic E-state index is -0.745. The van der Waals surface area contributed by atoms with Crippen molar-refractivity contribution in [2.24, 2.45) is 5.84 Å². The predicted molar refractivity (Wildman–Crippen MR) is 74.7 cm³/mol. The minimum Gasteiger partial charge on any atom is -0.383 e. The highest BCUT2D eigenvalue weighted by molar-refractivity contribution is 5.95. The summed E-state index contributed by atoms with van der Waals surface area (Å²) in [6.07, 6.45) is 2.11. The number of carbonyl (C=O) groups is 1. The Labute approximate surface area is 118 Å². The number of nitrogens with zero attached hydrogens (tertiary/aromatic N) is 2. The number of anilines is 1. The maximum atomic E-state index is 14.1. The van der Waals surface area contributed by atoms with E-state index in [2.05, 4.69) is 10.4 Å². The molecule has 112 valence electrons. The van der Waals surface area contributed by atoms with Crippen LogP contribution in [-0.2, 0) is 4.74 Å². The van der Waals surface area contributed by atoms with Crippen molar-refractivity contribution in [3.05, 3.63) is 23.6 Å². The summed E-state index contributed by atoms with van der Waals surface area (Å²) in [7, 11) is 1.56. The van der Waals surface area contributed by atoms with Crippen molar-refractivity contribution >= 4 is 11.7 Å². The number of hydrazine groups is 1. The summed E-state index contributed by atoms with van der Waals surface area (Å²) in [6, 6.07) is 1.33. The van der Waals surface area contributed by atoms with Gasteiger partial charge in [0.15, 0.2) is 11.6 Å². The zero-order chi connectivity index (χ0) is 15.1. The summed E-state index contributed by atoms with van der Waals surface area (Å²) in [5.74, 6) is 3.88. The van der Waals surface area contributed by atoms with E-state index in [4.69, 9.17) is 10.6 Å². The zero-order valence-corrected chi connectivity index (χ0v) is 12.0. The lowest BCUT2D eigenvalue weighted by molar-refractivity contribution is 0.0609. The Bertz CT molecular complexity index is 456. The van der Waals surface area contributed by atoms with Gasteiger partial charge < -0.3 is 15.1 Å². The highest BCUT2D eigenvalue weighted by Crippen LogP contribution is 2.18. The molecule has 20 heavy (non-hydrogen) atoms. The number of methoxy groups -OCH3 is 1. The Morgan fingerprint density at radius 3 is 2.90 bits per heavy atom. The molecule has 0 radical (unpaired) electrons. The van der Waals surface area contributed by atoms with Gasteiger partial charge in [0.25, 0.3) is 5.91 Å². The number of rotatable bonds is 7. The Kier molecular flexibility index (Phi) is 6.33. The first-order valence-electron chi connectivity index (χ1n) is 6.47. The number of hydrogen-bond acceptors (Lipinski definition) is 5. The van der Waals surface area contributed by atoms with Crippen LogP contribution in [0.5, 0.6) is 0 Å². The summed E-state index contributed by atoms with van der Waals surface area (Å²) in [5, 5.41) is 0. The minimum absolute atomic E-state index is 0.0144. The third kappa shape index (κ3) is 3.64. The van der Waals surface area contributed by atoms with Crippen molar-refractivity contribution in [3.63, 3.8) is 0 Å². The SMILES string of the molecule is CCC(C)N(CCOC)C(=O)c1ccnc(NN)c1F. The second-order valence-corrected chi connectivity index (χ2v) is 4.41. The van der Waals surface area contributed by atoms with Crippen LogP contribution in [0, 0.1) is 5.82 Å². The molecule has 3 N–H and O–H groups in total. The van der Waals surface area contributed by atoms with E-state index < -0.39 is 11.7 Å². The number of ether oxygens (including phenoxy) is 1. The molecule has 1 amide bonds. The van der Waals surface area contributed by atoms with Crippen LogP contribution < -0.4 is 11.3 Å². The van der Waals surface area contributed by atoms with Gasteiger partial charge >= 0.3 is 0 Å². The fourth-order valence-electron chi connectivity index (χ4n) is 1.80. The monoisotopic (exact) mass is 284 g/mol. The molecule has 0 aromatic carbocycles. The molecule has 0 aliphatic rings. The highest BCUT2D eigenvalue weighted by atomic mass is 19.1. The number of nitrogens with two attached hydrogens (primary N) is 1. The van der Waals surface area contributed by atoms with Crippen LogP contribution in [0.15, 0.2) is 12.3 Å². The normalized spacial score (nSPS) is 12.1. The van der Waals surface area contributed by atoms with Gasteiger partial charge in [-0.05, 0) is 19.4 Å². The average molecular weight is 284 g/mol. The van der Waals surface area contributed by atoms with E-state index in [0.29, 0.717) is 13.2 Å². The lowest BCUT2D eigenvalue weighted by Gasteiger charge is -2.28. The second-order valence-electron chi connectivity index (χ2n) is 4.41. The number of pyridine rings is 1. The van der Waals surface area contributed by atoms with Crippen molar-refractivity contribution in [2.45, 2.75) is 26.3 Å². The van der Waals surface area contributed by atoms with E-state index >= 15 is 0 Å². The van der Waals surface area contributed by atoms with Gasteiger partial charge in [-0.3, -0.25) is 4.79 Å². The molecule has 6 nitrogen and oxygen atoms in total. The quantitative estimate of drug-likeness (QED) is 0.584. The largest absolute Gasteiger partial charge is 0.383 e. The van der Waals surface area contributed by atoms with E-state index in [9.17, 15) is 9.18 Å². The van der Waals surface area contributed by atoms with Gasteiger partial charge in [0.2, 0.25) is 0 Å². The van der Waals surface area contributed by atoms with Gasteiger partial charge in [-0.2, -0.15) is 0 Å². The molecule has 0 saturated heterocycles. The molecular formula is C13H21FN4O2. The van der Waals surface area contributed by atoms with Crippen molar-refractivity contribution in [3.8, 4) is 0 Å². The number of nitrogens with one attached hydrogen (secondary N) is 1. The van der Waals surface area contributed by atoms with Gasteiger partial charge in [0.1, 0.15) is 0 Å². The van der Waals surface area contributed by atoms with E-state index in [0.717, 1.165) is 6.42 Å². The first-order chi connectivity index (χ1) is 9.56. The number of carbonyl (C=O) groups excluding carboxylic acids is 1. The fraction of sp³-hybridized carbons (Fsp3) is 0.538. The number of aromatic nitrogens is 1. The van der Waals surface area contributed by atoms with E-state index in [1.807, 2.05) is 13.8 Å². The molecule has 1 unspecified atom stereocenters. The molecule has 0 spiro atoms. The van der Waals surface area contributed by atoms with Gasteiger partial charge in [0.05, 0.1) is 12.2 Å². The van der Waals surface area contributed by atoms with E-state index in [1.165, 1.54) is 12.3 Å². The summed E-state index contributed by atoms with van der Waals surface area (Å²) >= 11 is 0. The number of hydrogen-bond donors (Lipinski definition) is 2. The molecule has 0 fully saturated rings. The summed E-state index contributed by atoms with van der Waals surface area (Å²) in [5.41, 5.74) is 2.08. The molecule has 1 heterocycles. The first kappa shape index (κ1) is 16.3. The Morgan fingerprint density at radius 2 is 2.35 bits per heavy atom. The van der Waals surface area contributed by atoms with Crippen molar-refractivity contribution < 1.29 is 13.9 Å². The zero-order valence-electron chi connectivity index (χ0n) is 12.0.